The Kier molecular flexibility index (Phi) is 16.0. The van der Waals surface area contributed by atoms with Crippen LogP contribution in [0.3, 0.4) is 0 Å². The number of hydrogen-bond acceptors (Lipinski definition) is 6. The minimum Gasteiger partial charge on any atom is -0.481 e. The van der Waals surface area contributed by atoms with Gasteiger partial charge in [-0.15, -0.1) is 11.8 Å². The second kappa shape index (κ2) is 17.1. The molecule has 9 heteroatoms. The van der Waals surface area contributed by atoms with E-state index < -0.39 is 36.5 Å². The maximum atomic E-state index is 11.8. The number of nitrogens with one attached hydrogen (secondary N) is 1. The van der Waals surface area contributed by atoms with Gasteiger partial charge in [0.05, 0.1) is 12.1 Å². The lowest BCUT2D eigenvalue weighted by atomic mass is 10.1. The lowest BCUT2D eigenvalue weighted by molar-refractivity contribution is -0.138. The molecule has 0 heterocycles. The molecule has 8 nitrogen and oxygen atoms in total. The molecular formula is C20H34N2O6S. The number of hydrogen-bond donors (Lipinski definition) is 5. The summed E-state index contributed by atoms with van der Waals surface area (Å²) in [6.45, 7) is 1.64. The smallest absolute Gasteiger partial charge is 0.322 e. The molecule has 0 bridgehead atoms. The predicted molar refractivity (Wildman–Crippen MR) is 115 cm³/mol. The first-order chi connectivity index (χ1) is 13.8. The monoisotopic (exact) mass is 430 g/mol. The summed E-state index contributed by atoms with van der Waals surface area (Å²) in [5.74, 6) is -2.45. The largest absolute Gasteiger partial charge is 0.481 e. The molecule has 0 saturated carbocycles. The van der Waals surface area contributed by atoms with Gasteiger partial charge in [0.25, 0.3) is 0 Å². The maximum Gasteiger partial charge on any atom is 0.322 e. The van der Waals surface area contributed by atoms with E-state index in [-0.39, 0.29) is 17.4 Å². The van der Waals surface area contributed by atoms with Crippen molar-refractivity contribution in [2.75, 3.05) is 12.3 Å². The van der Waals surface area contributed by atoms with Crippen LogP contribution in [0, 0.1) is 0 Å². The summed E-state index contributed by atoms with van der Waals surface area (Å²) in [7, 11) is 0. The van der Waals surface area contributed by atoms with Gasteiger partial charge in [-0.05, 0) is 25.7 Å². The quantitative estimate of drug-likeness (QED) is 0.173. The van der Waals surface area contributed by atoms with Crippen molar-refractivity contribution in [3.63, 3.8) is 0 Å². The third-order valence-corrected chi connectivity index (χ3v) is 5.42. The van der Waals surface area contributed by atoms with Crippen molar-refractivity contribution in [3.05, 3.63) is 24.3 Å². The first-order valence-electron chi connectivity index (χ1n) is 9.87. The average molecular weight is 431 g/mol. The molecule has 0 fully saturated rings. The molecule has 0 aromatic rings. The van der Waals surface area contributed by atoms with E-state index in [9.17, 15) is 19.5 Å². The van der Waals surface area contributed by atoms with Crippen LogP contribution in [0.15, 0.2) is 24.3 Å². The Morgan fingerprint density at radius 2 is 1.83 bits per heavy atom. The fourth-order valence-electron chi connectivity index (χ4n) is 2.37. The number of allylic oxidation sites excluding steroid dienone is 3. The molecule has 0 aliphatic rings. The number of carboxylic acid groups (broad SMARTS) is 2. The summed E-state index contributed by atoms with van der Waals surface area (Å²) >= 11 is 1.28. The maximum absolute atomic E-state index is 11.8. The van der Waals surface area contributed by atoms with Crippen molar-refractivity contribution in [2.24, 2.45) is 5.73 Å². The first-order valence-corrected chi connectivity index (χ1v) is 10.9. The minimum atomic E-state index is -1.15. The van der Waals surface area contributed by atoms with Crippen LogP contribution in [-0.4, -0.2) is 62.9 Å². The van der Waals surface area contributed by atoms with Gasteiger partial charge in [0.2, 0.25) is 5.91 Å². The van der Waals surface area contributed by atoms with Crippen LogP contribution in [0.25, 0.3) is 0 Å². The highest BCUT2D eigenvalue weighted by atomic mass is 32.2. The van der Waals surface area contributed by atoms with E-state index in [4.69, 9.17) is 15.9 Å². The zero-order valence-electron chi connectivity index (χ0n) is 17.0. The van der Waals surface area contributed by atoms with Gasteiger partial charge in [-0.25, -0.2) is 0 Å². The van der Waals surface area contributed by atoms with E-state index in [1.165, 1.54) is 18.2 Å². The molecule has 0 radical (unpaired) electrons. The van der Waals surface area contributed by atoms with Gasteiger partial charge in [-0.1, -0.05) is 44.1 Å². The van der Waals surface area contributed by atoms with E-state index >= 15 is 0 Å². The molecule has 0 saturated heterocycles. The van der Waals surface area contributed by atoms with E-state index in [1.54, 1.807) is 0 Å². The first kappa shape index (κ1) is 27.2. The molecule has 3 atom stereocenters. The van der Waals surface area contributed by atoms with Crippen molar-refractivity contribution in [3.8, 4) is 0 Å². The van der Waals surface area contributed by atoms with Gasteiger partial charge in [-0.2, -0.15) is 0 Å². The average Bonchev–Trinajstić information content (AvgIpc) is 2.66. The molecule has 29 heavy (non-hydrogen) atoms. The van der Waals surface area contributed by atoms with Crippen molar-refractivity contribution in [1.29, 1.82) is 0 Å². The molecule has 1 amide bonds. The standard InChI is InChI=1S/C20H34N2O6S/c1-2-3-4-5-6-7-8-11-17(16(23)10-9-12-18(24)25)29-14-15(21)20(28)22-13-19(26)27/h6-8,11,15-17,23H,2-5,9-10,12-14,21H2,1H3,(H,22,28)(H,24,25)(H,26,27)/t15-,16?,17?/m0/s1. The summed E-state index contributed by atoms with van der Waals surface area (Å²) < 4.78 is 0. The minimum absolute atomic E-state index is 0.0212. The van der Waals surface area contributed by atoms with Crippen LogP contribution in [0.4, 0.5) is 0 Å². The zero-order chi connectivity index (χ0) is 22.1. The summed E-state index contributed by atoms with van der Waals surface area (Å²) in [4.78, 5) is 33.0. The summed E-state index contributed by atoms with van der Waals surface area (Å²) in [6, 6.07) is -0.911. The van der Waals surface area contributed by atoms with E-state index in [1.807, 2.05) is 18.2 Å². The van der Waals surface area contributed by atoms with E-state index in [0.29, 0.717) is 12.8 Å². The Labute approximate surface area is 176 Å². The number of unbranched alkanes of at least 4 members (excludes halogenated alkanes) is 3. The van der Waals surface area contributed by atoms with Crippen molar-refractivity contribution >= 4 is 29.6 Å². The Morgan fingerprint density at radius 3 is 2.45 bits per heavy atom. The van der Waals surface area contributed by atoms with Gasteiger partial charge in [0.15, 0.2) is 0 Å². The second-order valence-electron chi connectivity index (χ2n) is 6.68. The van der Waals surface area contributed by atoms with Crippen LogP contribution in [-0.2, 0) is 14.4 Å². The van der Waals surface area contributed by atoms with Crippen LogP contribution in [0.1, 0.15) is 51.9 Å². The topological polar surface area (TPSA) is 150 Å². The number of thioether (sulfide) groups is 1. The lowest BCUT2D eigenvalue weighted by Gasteiger charge is -2.21. The number of carbonyl (C=O) groups excluding carboxylic acids is 1. The number of nitrogens with two attached hydrogens (primary N) is 1. The second-order valence-corrected chi connectivity index (χ2v) is 7.89. The third-order valence-electron chi connectivity index (χ3n) is 4.01. The molecule has 6 N–H and O–H groups in total. The molecule has 0 aliphatic carbocycles. The highest BCUT2D eigenvalue weighted by molar-refractivity contribution is 8.00. The Morgan fingerprint density at radius 1 is 1.10 bits per heavy atom. The summed E-state index contributed by atoms with van der Waals surface area (Å²) in [5.41, 5.74) is 5.79. The number of rotatable bonds is 17. The SMILES string of the molecule is CCCCCC=CC=CC(SC[C@H](N)C(=O)NCC(=O)O)C(O)CCCC(=O)O. The molecular weight excluding hydrogens is 396 g/mol. The number of carbonyl (C=O) groups is 3. The number of aliphatic carboxylic acids is 2. The van der Waals surface area contributed by atoms with Gasteiger partial charge >= 0.3 is 11.9 Å². The van der Waals surface area contributed by atoms with Crippen LogP contribution in [0.2, 0.25) is 0 Å². The third kappa shape index (κ3) is 15.7. The molecule has 0 rings (SSSR count). The number of amides is 1. The number of carboxylic acids is 2. The predicted octanol–water partition coefficient (Wildman–Crippen LogP) is 1.92. The molecule has 0 aliphatic heterocycles. The number of aliphatic hydroxyl groups excluding tert-OH is 1. The zero-order valence-corrected chi connectivity index (χ0v) is 17.8. The Bertz CT molecular complexity index is 553. The van der Waals surface area contributed by atoms with E-state index in [2.05, 4.69) is 18.3 Å². The Hall–Kier alpha value is -1.84. The van der Waals surface area contributed by atoms with Gasteiger partial charge < -0.3 is 26.4 Å². The van der Waals surface area contributed by atoms with Gasteiger partial charge in [0.1, 0.15) is 6.54 Å². The molecule has 0 aromatic heterocycles. The summed E-state index contributed by atoms with van der Waals surface area (Å²) in [6.07, 6.45) is 11.9. The molecule has 0 spiro atoms. The highest BCUT2D eigenvalue weighted by Gasteiger charge is 2.21. The highest BCUT2D eigenvalue weighted by Crippen LogP contribution is 2.21. The lowest BCUT2D eigenvalue weighted by Crippen LogP contribution is -2.44. The van der Waals surface area contributed by atoms with Crippen LogP contribution < -0.4 is 11.1 Å². The normalized spacial score (nSPS) is 14.7. The van der Waals surface area contributed by atoms with Crippen molar-refractivity contribution < 1.29 is 29.7 Å². The Balaban J connectivity index is 4.69. The number of aliphatic hydroxyl groups is 1. The summed E-state index contributed by atoms with van der Waals surface area (Å²) in [5, 5.41) is 29.6. The van der Waals surface area contributed by atoms with Gasteiger partial charge in [0, 0.05) is 17.4 Å². The fraction of sp³-hybridized carbons (Fsp3) is 0.650. The van der Waals surface area contributed by atoms with Crippen molar-refractivity contribution in [2.45, 2.75) is 69.3 Å². The van der Waals surface area contributed by atoms with E-state index in [0.717, 1.165) is 19.3 Å². The molecule has 166 valence electrons. The van der Waals surface area contributed by atoms with Crippen LogP contribution in [0.5, 0.6) is 0 Å². The molecule has 0 aromatic carbocycles. The fourth-order valence-corrected chi connectivity index (χ4v) is 3.51. The van der Waals surface area contributed by atoms with Crippen molar-refractivity contribution in [1.82, 2.24) is 5.32 Å². The van der Waals surface area contributed by atoms with Crippen LogP contribution >= 0.6 is 11.8 Å². The molecule has 2 unspecified atom stereocenters. The van der Waals surface area contributed by atoms with Gasteiger partial charge in [-0.3, -0.25) is 14.4 Å².